The molecule has 1 aromatic rings. The van der Waals surface area contributed by atoms with Crippen molar-refractivity contribution in [2.45, 2.75) is 32.7 Å². The second-order valence-corrected chi connectivity index (χ2v) is 4.72. The highest BCUT2D eigenvalue weighted by molar-refractivity contribution is 5.80. The van der Waals surface area contributed by atoms with Crippen LogP contribution in [0.2, 0.25) is 0 Å². The molecule has 1 amide bonds. The van der Waals surface area contributed by atoms with Crippen LogP contribution in [0.4, 0.5) is 5.82 Å². The molecule has 0 bridgehead atoms. The number of anilines is 1. The molecule has 2 heterocycles. The zero-order valence-electron chi connectivity index (χ0n) is 10.5. The number of rotatable bonds is 4. The van der Waals surface area contributed by atoms with Crippen molar-refractivity contribution in [3.05, 3.63) is 12.3 Å². The maximum absolute atomic E-state index is 11.8. The van der Waals surface area contributed by atoms with E-state index in [0.29, 0.717) is 12.6 Å². The summed E-state index contributed by atoms with van der Waals surface area (Å²) in [6.07, 6.45) is 4.19. The van der Waals surface area contributed by atoms with Crippen molar-refractivity contribution < 1.29 is 4.79 Å². The summed E-state index contributed by atoms with van der Waals surface area (Å²) in [5.74, 6) is 0.938. The van der Waals surface area contributed by atoms with E-state index in [-0.39, 0.29) is 5.91 Å². The lowest BCUT2D eigenvalue weighted by Crippen LogP contribution is -2.33. The molecule has 0 unspecified atom stereocenters. The van der Waals surface area contributed by atoms with Gasteiger partial charge in [0.15, 0.2) is 0 Å². The molecule has 1 saturated heterocycles. The first-order valence-electron chi connectivity index (χ1n) is 6.23. The van der Waals surface area contributed by atoms with Gasteiger partial charge in [-0.05, 0) is 26.7 Å². The number of hydrogen-bond donors (Lipinski definition) is 1. The molecule has 0 aliphatic carbocycles. The highest BCUT2D eigenvalue weighted by Crippen LogP contribution is 2.10. The lowest BCUT2D eigenvalue weighted by Gasteiger charge is -2.15. The summed E-state index contributed by atoms with van der Waals surface area (Å²) < 4.78 is 1.88. The molecule has 2 rings (SSSR count). The highest BCUT2D eigenvalue weighted by Gasteiger charge is 2.17. The van der Waals surface area contributed by atoms with Crippen LogP contribution >= 0.6 is 0 Å². The molecule has 1 aliphatic heterocycles. The van der Waals surface area contributed by atoms with E-state index in [1.54, 1.807) is 0 Å². The largest absolute Gasteiger partial charge is 0.360 e. The van der Waals surface area contributed by atoms with Crippen molar-refractivity contribution in [3.8, 4) is 0 Å². The lowest BCUT2D eigenvalue weighted by atomic mass is 10.4. The Morgan fingerprint density at radius 1 is 1.47 bits per heavy atom. The van der Waals surface area contributed by atoms with E-state index >= 15 is 0 Å². The summed E-state index contributed by atoms with van der Waals surface area (Å²) in [6.45, 7) is 6.30. The first kappa shape index (κ1) is 12.0. The van der Waals surface area contributed by atoms with Crippen LogP contribution in [0.5, 0.6) is 0 Å². The van der Waals surface area contributed by atoms with Gasteiger partial charge in [0.25, 0.3) is 0 Å². The average molecular weight is 236 g/mol. The fraction of sp³-hybridized carbons (Fsp3) is 0.667. The molecule has 1 N–H and O–H groups in total. The minimum atomic E-state index is 0.168. The van der Waals surface area contributed by atoms with Crippen LogP contribution in [-0.2, 0) is 4.79 Å². The number of amides is 1. The summed E-state index contributed by atoms with van der Waals surface area (Å²) in [5, 5.41) is 7.42. The van der Waals surface area contributed by atoms with Gasteiger partial charge in [0.2, 0.25) is 5.91 Å². The fourth-order valence-electron chi connectivity index (χ4n) is 1.96. The highest BCUT2D eigenvalue weighted by atomic mass is 16.2. The number of carbonyl (C=O) groups is 1. The molecule has 17 heavy (non-hydrogen) atoms. The SMILES string of the molecule is CC(C)n1ccc(NCC(=O)N2CCCC2)n1. The molecule has 0 spiro atoms. The Bertz CT molecular complexity index is 380. The third-order valence-corrected chi connectivity index (χ3v) is 3.02. The first-order chi connectivity index (χ1) is 8.16. The van der Waals surface area contributed by atoms with Gasteiger partial charge in [-0.3, -0.25) is 9.48 Å². The van der Waals surface area contributed by atoms with Crippen molar-refractivity contribution in [1.82, 2.24) is 14.7 Å². The molecule has 94 valence electrons. The Labute approximate surface area is 102 Å². The van der Waals surface area contributed by atoms with Gasteiger partial charge >= 0.3 is 0 Å². The number of carbonyl (C=O) groups excluding carboxylic acids is 1. The quantitative estimate of drug-likeness (QED) is 0.862. The second-order valence-electron chi connectivity index (χ2n) is 4.72. The third kappa shape index (κ3) is 2.99. The average Bonchev–Trinajstić information content (AvgIpc) is 2.97. The van der Waals surface area contributed by atoms with Gasteiger partial charge in [-0.15, -0.1) is 0 Å². The van der Waals surface area contributed by atoms with Gasteiger partial charge < -0.3 is 10.2 Å². The van der Waals surface area contributed by atoms with Crippen LogP contribution in [0.1, 0.15) is 32.7 Å². The summed E-state index contributed by atoms with van der Waals surface area (Å²) in [6, 6.07) is 2.25. The molecule has 5 heteroatoms. The molecular formula is C12H20N4O. The van der Waals surface area contributed by atoms with Crippen molar-refractivity contribution in [1.29, 1.82) is 0 Å². The molecule has 5 nitrogen and oxygen atoms in total. The number of hydrogen-bond acceptors (Lipinski definition) is 3. The molecule has 0 atom stereocenters. The first-order valence-corrected chi connectivity index (χ1v) is 6.23. The van der Waals surface area contributed by atoms with Gasteiger partial charge in [-0.25, -0.2) is 0 Å². The number of nitrogens with zero attached hydrogens (tertiary/aromatic N) is 3. The van der Waals surface area contributed by atoms with Crippen molar-refractivity contribution in [3.63, 3.8) is 0 Å². The van der Waals surface area contributed by atoms with Crippen LogP contribution in [0.15, 0.2) is 12.3 Å². The topological polar surface area (TPSA) is 50.2 Å². The Kier molecular flexibility index (Phi) is 3.66. The molecule has 0 saturated carbocycles. The van der Waals surface area contributed by atoms with E-state index in [1.807, 2.05) is 21.8 Å². The molecule has 0 aromatic carbocycles. The van der Waals surface area contributed by atoms with Gasteiger partial charge in [0.1, 0.15) is 5.82 Å². The monoisotopic (exact) mass is 236 g/mol. The normalized spacial score (nSPS) is 15.6. The molecule has 0 radical (unpaired) electrons. The summed E-state index contributed by atoms with van der Waals surface area (Å²) in [4.78, 5) is 13.7. The second kappa shape index (κ2) is 5.21. The standard InChI is InChI=1S/C12H20N4O/c1-10(2)16-8-5-11(14-16)13-9-12(17)15-6-3-4-7-15/h5,8,10H,3-4,6-7,9H2,1-2H3,(H,13,14). The van der Waals surface area contributed by atoms with Crippen molar-refractivity contribution >= 4 is 11.7 Å². The summed E-state index contributed by atoms with van der Waals surface area (Å²) in [5.41, 5.74) is 0. The zero-order valence-corrected chi connectivity index (χ0v) is 10.5. The summed E-state index contributed by atoms with van der Waals surface area (Å²) >= 11 is 0. The smallest absolute Gasteiger partial charge is 0.241 e. The predicted molar refractivity (Wildman–Crippen MR) is 66.9 cm³/mol. The maximum Gasteiger partial charge on any atom is 0.241 e. The van der Waals surface area contributed by atoms with E-state index in [0.717, 1.165) is 31.7 Å². The minimum Gasteiger partial charge on any atom is -0.360 e. The van der Waals surface area contributed by atoms with Crippen LogP contribution in [0.25, 0.3) is 0 Å². The van der Waals surface area contributed by atoms with Crippen molar-refractivity contribution in [2.24, 2.45) is 0 Å². The van der Waals surface area contributed by atoms with Crippen LogP contribution in [-0.4, -0.2) is 40.2 Å². The van der Waals surface area contributed by atoms with E-state index < -0.39 is 0 Å². The van der Waals surface area contributed by atoms with Crippen LogP contribution < -0.4 is 5.32 Å². The van der Waals surface area contributed by atoms with Crippen molar-refractivity contribution in [2.75, 3.05) is 25.0 Å². The van der Waals surface area contributed by atoms with E-state index in [2.05, 4.69) is 24.3 Å². The number of aromatic nitrogens is 2. The Morgan fingerprint density at radius 3 is 2.76 bits per heavy atom. The van der Waals surface area contributed by atoms with E-state index in [1.165, 1.54) is 0 Å². The van der Waals surface area contributed by atoms with Gasteiger partial charge in [-0.1, -0.05) is 0 Å². The number of nitrogens with one attached hydrogen (secondary N) is 1. The number of likely N-dealkylation sites (tertiary alicyclic amines) is 1. The Hall–Kier alpha value is -1.52. The minimum absolute atomic E-state index is 0.168. The molecule has 1 fully saturated rings. The van der Waals surface area contributed by atoms with Crippen LogP contribution in [0, 0.1) is 0 Å². The van der Waals surface area contributed by atoms with Gasteiger partial charge in [0.05, 0.1) is 6.54 Å². The molecular weight excluding hydrogens is 216 g/mol. The van der Waals surface area contributed by atoms with E-state index in [4.69, 9.17) is 0 Å². The molecule has 1 aromatic heterocycles. The lowest BCUT2D eigenvalue weighted by molar-refractivity contribution is -0.128. The van der Waals surface area contributed by atoms with Gasteiger partial charge in [0, 0.05) is 31.4 Å². The Morgan fingerprint density at radius 2 is 2.18 bits per heavy atom. The van der Waals surface area contributed by atoms with Crippen LogP contribution in [0.3, 0.4) is 0 Å². The predicted octanol–water partition coefficient (Wildman–Crippen LogP) is 1.50. The van der Waals surface area contributed by atoms with E-state index in [9.17, 15) is 4.79 Å². The molecule has 1 aliphatic rings. The summed E-state index contributed by atoms with van der Waals surface area (Å²) in [7, 11) is 0. The maximum atomic E-state index is 11.8. The Balaban J connectivity index is 1.82. The zero-order chi connectivity index (χ0) is 12.3. The van der Waals surface area contributed by atoms with Gasteiger partial charge in [-0.2, -0.15) is 5.10 Å². The third-order valence-electron chi connectivity index (χ3n) is 3.02. The fourth-order valence-corrected chi connectivity index (χ4v) is 1.96.